The third kappa shape index (κ3) is 6.03. The summed E-state index contributed by atoms with van der Waals surface area (Å²) in [5.41, 5.74) is 2.63. The number of alkyl carbamates (subject to hydrolysis) is 1. The van der Waals surface area contributed by atoms with E-state index < -0.39 is 35.7 Å². The Hall–Kier alpha value is -4.46. The Kier molecular flexibility index (Phi) is 7.38. The lowest BCUT2D eigenvalue weighted by Gasteiger charge is -2.25. The van der Waals surface area contributed by atoms with Crippen LogP contribution in [-0.2, 0) is 14.3 Å². The number of rotatable bonds is 5. The largest absolute Gasteiger partial charge is 0.444 e. The molecule has 0 saturated heterocycles. The first-order valence-corrected chi connectivity index (χ1v) is 12.0. The number of nitrogens with one attached hydrogen (secondary N) is 2. The minimum absolute atomic E-state index is 0.407. The fraction of sp³-hybridized carbons (Fsp3) is 0.241. The van der Waals surface area contributed by atoms with E-state index in [4.69, 9.17) is 9.73 Å². The molecule has 8 heteroatoms. The number of hydrogen-bond donors (Lipinski definition) is 2. The fourth-order valence-electron chi connectivity index (χ4n) is 4.03. The molecule has 0 spiro atoms. The van der Waals surface area contributed by atoms with Gasteiger partial charge in [0.25, 0.3) is 5.91 Å². The Morgan fingerprint density at radius 3 is 2.16 bits per heavy atom. The van der Waals surface area contributed by atoms with Crippen LogP contribution in [0.3, 0.4) is 0 Å². The second-order valence-corrected chi connectivity index (χ2v) is 9.66. The van der Waals surface area contributed by atoms with E-state index >= 15 is 0 Å². The van der Waals surface area contributed by atoms with Gasteiger partial charge in [0.15, 0.2) is 0 Å². The molecule has 3 aromatic rings. The van der Waals surface area contributed by atoms with Crippen molar-refractivity contribution >= 4 is 29.3 Å². The molecular weight excluding hydrogens is 468 g/mol. The van der Waals surface area contributed by atoms with Crippen LogP contribution in [0.15, 0.2) is 89.9 Å². The number of likely N-dealkylation sites (N-methyl/N-ethyl adjacent to an activating group) is 1. The van der Waals surface area contributed by atoms with E-state index in [0.717, 1.165) is 11.1 Å². The van der Waals surface area contributed by atoms with Gasteiger partial charge in [-0.3, -0.25) is 9.59 Å². The standard InChI is InChI=1S/C29H30N4O4/c1-29(2,3)37-28(36)31-24(20-15-9-6-10-16-20)26(34)32-25-27(35)33(4)22-18-12-11-17-21(22)23(30-25)19-13-7-5-8-14-19/h5-18,24-25H,1-4H3,(H,31,36)(H,32,34). The lowest BCUT2D eigenvalue weighted by molar-refractivity contribution is -0.128. The van der Waals surface area contributed by atoms with E-state index in [1.54, 1.807) is 52.1 Å². The summed E-state index contributed by atoms with van der Waals surface area (Å²) in [5, 5.41) is 5.39. The molecule has 0 aliphatic carbocycles. The normalized spacial score (nSPS) is 16.1. The molecule has 0 fully saturated rings. The van der Waals surface area contributed by atoms with Crippen LogP contribution in [0.5, 0.6) is 0 Å². The van der Waals surface area contributed by atoms with Crippen LogP contribution in [0.25, 0.3) is 0 Å². The summed E-state index contributed by atoms with van der Waals surface area (Å²) in [6, 6.07) is 24.6. The van der Waals surface area contributed by atoms with Crippen molar-refractivity contribution in [2.24, 2.45) is 4.99 Å². The van der Waals surface area contributed by atoms with Gasteiger partial charge in [0.05, 0.1) is 11.4 Å². The molecule has 0 aromatic heterocycles. The van der Waals surface area contributed by atoms with Gasteiger partial charge in [-0.2, -0.15) is 0 Å². The molecule has 3 aromatic carbocycles. The fourth-order valence-corrected chi connectivity index (χ4v) is 4.03. The predicted molar refractivity (Wildman–Crippen MR) is 142 cm³/mol. The molecule has 2 atom stereocenters. The molecule has 0 bridgehead atoms. The molecule has 3 amide bonds. The quantitative estimate of drug-likeness (QED) is 0.550. The van der Waals surface area contributed by atoms with E-state index in [0.29, 0.717) is 17.0 Å². The van der Waals surface area contributed by atoms with Crippen molar-refractivity contribution < 1.29 is 19.1 Å². The SMILES string of the molecule is CN1C(=O)C(NC(=O)C(NC(=O)OC(C)(C)C)c2ccccc2)N=C(c2ccccc2)c2ccccc21. The van der Waals surface area contributed by atoms with Gasteiger partial charge in [-0.15, -0.1) is 0 Å². The number of benzodiazepines with no additional fused rings is 1. The Labute approximate surface area is 216 Å². The minimum Gasteiger partial charge on any atom is -0.444 e. The van der Waals surface area contributed by atoms with Gasteiger partial charge in [-0.25, -0.2) is 9.79 Å². The summed E-state index contributed by atoms with van der Waals surface area (Å²) < 4.78 is 5.37. The summed E-state index contributed by atoms with van der Waals surface area (Å²) >= 11 is 0. The molecule has 0 radical (unpaired) electrons. The highest BCUT2D eigenvalue weighted by Crippen LogP contribution is 2.27. The zero-order valence-electron chi connectivity index (χ0n) is 21.3. The lowest BCUT2D eigenvalue weighted by atomic mass is 10.0. The highest BCUT2D eigenvalue weighted by Gasteiger charge is 2.34. The highest BCUT2D eigenvalue weighted by atomic mass is 16.6. The zero-order chi connectivity index (χ0) is 26.6. The van der Waals surface area contributed by atoms with Gasteiger partial charge in [-0.05, 0) is 32.4 Å². The monoisotopic (exact) mass is 498 g/mol. The van der Waals surface area contributed by atoms with Gasteiger partial charge in [0.2, 0.25) is 12.1 Å². The molecule has 4 rings (SSSR count). The minimum atomic E-state index is -1.22. The second-order valence-electron chi connectivity index (χ2n) is 9.66. The zero-order valence-corrected chi connectivity index (χ0v) is 21.3. The number of nitrogens with zero attached hydrogens (tertiary/aromatic N) is 2. The van der Waals surface area contributed by atoms with E-state index in [2.05, 4.69) is 10.6 Å². The number of anilines is 1. The molecule has 37 heavy (non-hydrogen) atoms. The number of fused-ring (bicyclic) bond motifs is 1. The third-order valence-electron chi connectivity index (χ3n) is 5.73. The average molecular weight is 499 g/mol. The van der Waals surface area contributed by atoms with Crippen molar-refractivity contribution in [1.29, 1.82) is 0 Å². The summed E-state index contributed by atoms with van der Waals surface area (Å²) in [4.78, 5) is 45.8. The molecule has 2 unspecified atom stereocenters. The maximum absolute atomic E-state index is 13.6. The highest BCUT2D eigenvalue weighted by molar-refractivity contribution is 6.20. The molecule has 0 saturated carbocycles. The van der Waals surface area contributed by atoms with Crippen molar-refractivity contribution in [1.82, 2.24) is 10.6 Å². The molecular formula is C29H30N4O4. The van der Waals surface area contributed by atoms with Gasteiger partial charge in [0.1, 0.15) is 11.6 Å². The Balaban J connectivity index is 1.70. The van der Waals surface area contributed by atoms with Crippen molar-refractivity contribution in [2.45, 2.75) is 38.6 Å². The van der Waals surface area contributed by atoms with Crippen LogP contribution in [0.1, 0.15) is 43.5 Å². The number of benzene rings is 3. The number of carbonyl (C=O) groups is 3. The van der Waals surface area contributed by atoms with Gasteiger partial charge in [-0.1, -0.05) is 78.9 Å². The van der Waals surface area contributed by atoms with Gasteiger partial charge in [0, 0.05) is 18.2 Å². The number of para-hydroxylation sites is 1. The summed E-state index contributed by atoms with van der Waals surface area (Å²) in [6.45, 7) is 5.21. The van der Waals surface area contributed by atoms with Crippen LogP contribution < -0.4 is 15.5 Å². The van der Waals surface area contributed by atoms with Crippen molar-refractivity contribution in [3.05, 3.63) is 102 Å². The first kappa shape index (κ1) is 25.6. The molecule has 8 nitrogen and oxygen atoms in total. The van der Waals surface area contributed by atoms with E-state index in [1.165, 1.54) is 4.90 Å². The number of ether oxygens (including phenoxy) is 1. The Morgan fingerprint density at radius 1 is 0.919 bits per heavy atom. The molecule has 2 N–H and O–H groups in total. The first-order chi connectivity index (χ1) is 17.6. The molecule has 1 aliphatic rings. The topological polar surface area (TPSA) is 100 Å². The van der Waals surface area contributed by atoms with Crippen molar-refractivity contribution in [2.75, 3.05) is 11.9 Å². The van der Waals surface area contributed by atoms with E-state index in [9.17, 15) is 14.4 Å². The third-order valence-corrected chi connectivity index (χ3v) is 5.73. The second kappa shape index (κ2) is 10.7. The Bertz CT molecular complexity index is 1320. The van der Waals surface area contributed by atoms with Gasteiger partial charge >= 0.3 is 6.09 Å². The maximum Gasteiger partial charge on any atom is 0.408 e. The van der Waals surface area contributed by atoms with Crippen LogP contribution >= 0.6 is 0 Å². The van der Waals surface area contributed by atoms with E-state index in [1.807, 2.05) is 60.7 Å². The number of amides is 3. The number of aliphatic imine (C=N–C) groups is 1. The number of carbonyl (C=O) groups excluding carboxylic acids is 3. The van der Waals surface area contributed by atoms with Crippen molar-refractivity contribution in [3.8, 4) is 0 Å². The van der Waals surface area contributed by atoms with Crippen LogP contribution in [-0.4, -0.2) is 42.4 Å². The average Bonchev–Trinajstić information content (AvgIpc) is 2.98. The molecule has 190 valence electrons. The van der Waals surface area contributed by atoms with Gasteiger partial charge < -0.3 is 20.3 Å². The summed E-state index contributed by atoms with van der Waals surface area (Å²) in [6.07, 6.45) is -1.96. The van der Waals surface area contributed by atoms with Crippen LogP contribution in [0, 0.1) is 0 Å². The van der Waals surface area contributed by atoms with Crippen LogP contribution in [0.4, 0.5) is 10.5 Å². The van der Waals surface area contributed by atoms with Crippen LogP contribution in [0.2, 0.25) is 0 Å². The summed E-state index contributed by atoms with van der Waals surface area (Å²) in [7, 11) is 1.65. The van der Waals surface area contributed by atoms with E-state index in [-0.39, 0.29) is 0 Å². The maximum atomic E-state index is 13.6. The molecule has 1 heterocycles. The lowest BCUT2D eigenvalue weighted by Crippen LogP contribution is -2.50. The predicted octanol–water partition coefficient (Wildman–Crippen LogP) is 4.21. The first-order valence-electron chi connectivity index (χ1n) is 12.0. The molecule has 1 aliphatic heterocycles. The number of hydrogen-bond acceptors (Lipinski definition) is 5. The van der Waals surface area contributed by atoms with Crippen molar-refractivity contribution in [3.63, 3.8) is 0 Å². The smallest absolute Gasteiger partial charge is 0.408 e. The summed E-state index contributed by atoms with van der Waals surface area (Å²) in [5.74, 6) is -0.998. The Morgan fingerprint density at radius 2 is 1.51 bits per heavy atom.